The van der Waals surface area contributed by atoms with Crippen molar-refractivity contribution in [3.63, 3.8) is 0 Å². The van der Waals surface area contributed by atoms with E-state index in [9.17, 15) is 9.59 Å². The third-order valence-corrected chi connectivity index (χ3v) is 5.61. The number of nitrogens with zero attached hydrogens (tertiary/aromatic N) is 3. The van der Waals surface area contributed by atoms with E-state index in [1.165, 1.54) is 6.20 Å². The summed E-state index contributed by atoms with van der Waals surface area (Å²) in [5.74, 6) is 1.34. The summed E-state index contributed by atoms with van der Waals surface area (Å²) in [5.41, 5.74) is 3.50. The zero-order chi connectivity index (χ0) is 27.3. The first-order chi connectivity index (χ1) is 18.1. The van der Waals surface area contributed by atoms with Gasteiger partial charge < -0.3 is 15.4 Å². The number of urea groups is 1. The molecule has 0 atom stereocenters. The van der Waals surface area contributed by atoms with E-state index >= 15 is 0 Å². The number of benzene rings is 2. The predicted octanol–water partition coefficient (Wildman–Crippen LogP) is 6.06. The Morgan fingerprint density at radius 1 is 0.947 bits per heavy atom. The number of rotatable bonds is 7. The van der Waals surface area contributed by atoms with Crippen molar-refractivity contribution in [1.29, 1.82) is 0 Å². The van der Waals surface area contributed by atoms with Crippen LogP contribution >= 0.6 is 0 Å². The molecule has 9 nitrogen and oxygen atoms in total. The average molecular weight is 513 g/mol. The maximum atomic E-state index is 12.9. The van der Waals surface area contributed by atoms with Gasteiger partial charge in [-0.3, -0.25) is 15.1 Å². The van der Waals surface area contributed by atoms with Gasteiger partial charge in [0.1, 0.15) is 23.0 Å². The lowest BCUT2D eigenvalue weighted by atomic mass is 9.92. The molecule has 9 heteroatoms. The van der Waals surface area contributed by atoms with Crippen LogP contribution in [-0.4, -0.2) is 33.2 Å². The normalized spacial score (nSPS) is 11.1. The minimum absolute atomic E-state index is 0.187. The molecule has 4 aromatic rings. The number of ether oxygens (including phenoxy) is 1. The molecule has 2 heterocycles. The number of aromatic nitrogens is 3. The maximum Gasteiger partial charge on any atom is 0.324 e. The second kappa shape index (κ2) is 11.2. The van der Waals surface area contributed by atoms with Gasteiger partial charge in [0, 0.05) is 36.0 Å². The quantitative estimate of drug-likeness (QED) is 0.279. The molecular weight excluding hydrogens is 480 g/mol. The van der Waals surface area contributed by atoms with E-state index in [1.807, 2.05) is 44.2 Å². The molecule has 0 unspecified atom stereocenters. The molecule has 3 amide bonds. The van der Waals surface area contributed by atoms with Crippen LogP contribution in [0.5, 0.6) is 11.5 Å². The third-order valence-electron chi connectivity index (χ3n) is 5.61. The molecule has 0 spiro atoms. The largest absolute Gasteiger partial charge is 0.457 e. The second-order valence-electron chi connectivity index (χ2n) is 9.86. The number of carbonyl (C=O) groups excluding carboxylic acids is 2. The minimum atomic E-state index is -0.395. The highest BCUT2D eigenvalue weighted by Crippen LogP contribution is 2.27. The molecule has 0 radical (unpaired) electrons. The fourth-order valence-electron chi connectivity index (χ4n) is 3.66. The predicted molar refractivity (Wildman–Crippen MR) is 148 cm³/mol. The van der Waals surface area contributed by atoms with Crippen molar-refractivity contribution in [3.8, 4) is 17.2 Å². The molecule has 0 aliphatic carbocycles. The highest BCUT2D eigenvalue weighted by Gasteiger charge is 2.21. The molecule has 2 aromatic carbocycles. The van der Waals surface area contributed by atoms with Crippen molar-refractivity contribution >= 4 is 23.4 Å². The first-order valence-electron chi connectivity index (χ1n) is 12.4. The van der Waals surface area contributed by atoms with Gasteiger partial charge in [0.2, 0.25) is 0 Å². The molecule has 0 bridgehead atoms. The molecule has 196 valence electrons. The molecule has 0 aliphatic rings. The summed E-state index contributed by atoms with van der Waals surface area (Å²) in [6.07, 6.45) is 1.52. The smallest absolute Gasteiger partial charge is 0.324 e. The standard InChI is InChI=1S/C29H32N6O3/c1-6-30-27(36)24-17-23(14-15-31-24)38-22-12-10-20(11-13-22)32-28(37)33-26-18-25(29(3,4)5)34-35(26)21-9-7-8-19(2)16-21/h7-18H,6H2,1-5H3,(H,30,36)(H2,32,33,37). The molecule has 38 heavy (non-hydrogen) atoms. The van der Waals surface area contributed by atoms with Crippen molar-refractivity contribution in [1.82, 2.24) is 20.1 Å². The van der Waals surface area contributed by atoms with Crippen molar-refractivity contribution in [2.45, 2.75) is 40.0 Å². The summed E-state index contributed by atoms with van der Waals surface area (Å²) in [6, 6.07) is 19.6. The van der Waals surface area contributed by atoms with Gasteiger partial charge in [0.05, 0.1) is 11.4 Å². The van der Waals surface area contributed by atoms with Crippen LogP contribution in [0.1, 0.15) is 49.4 Å². The fourth-order valence-corrected chi connectivity index (χ4v) is 3.66. The van der Waals surface area contributed by atoms with Gasteiger partial charge in [-0.05, 0) is 61.9 Å². The molecule has 4 rings (SSSR count). The second-order valence-corrected chi connectivity index (χ2v) is 9.86. The van der Waals surface area contributed by atoms with Crippen LogP contribution in [0, 0.1) is 6.92 Å². The number of nitrogens with one attached hydrogen (secondary N) is 3. The monoisotopic (exact) mass is 512 g/mol. The van der Waals surface area contributed by atoms with Crippen LogP contribution in [0.3, 0.4) is 0 Å². The van der Waals surface area contributed by atoms with Gasteiger partial charge in [-0.2, -0.15) is 5.10 Å². The number of carbonyl (C=O) groups is 2. The Labute approximate surface area is 222 Å². The number of pyridine rings is 1. The van der Waals surface area contributed by atoms with Gasteiger partial charge in [0.15, 0.2) is 0 Å². The Morgan fingerprint density at radius 2 is 1.71 bits per heavy atom. The Morgan fingerprint density at radius 3 is 2.39 bits per heavy atom. The number of anilines is 2. The van der Waals surface area contributed by atoms with E-state index in [4.69, 9.17) is 9.84 Å². The molecular formula is C29H32N6O3. The number of hydrogen-bond acceptors (Lipinski definition) is 5. The molecule has 3 N–H and O–H groups in total. The van der Waals surface area contributed by atoms with Crippen LogP contribution in [0.15, 0.2) is 72.9 Å². The van der Waals surface area contributed by atoms with Crippen LogP contribution in [0.4, 0.5) is 16.3 Å². The summed E-state index contributed by atoms with van der Waals surface area (Å²) >= 11 is 0. The zero-order valence-electron chi connectivity index (χ0n) is 22.2. The molecule has 0 fully saturated rings. The van der Waals surface area contributed by atoms with E-state index in [1.54, 1.807) is 41.1 Å². The van der Waals surface area contributed by atoms with Gasteiger partial charge in [0.25, 0.3) is 5.91 Å². The molecule has 0 aliphatic heterocycles. The van der Waals surface area contributed by atoms with E-state index in [-0.39, 0.29) is 17.0 Å². The van der Waals surface area contributed by atoms with Gasteiger partial charge in [-0.1, -0.05) is 32.9 Å². The molecule has 0 saturated heterocycles. The summed E-state index contributed by atoms with van der Waals surface area (Å²) in [5, 5.41) is 13.2. The lowest BCUT2D eigenvalue weighted by molar-refractivity contribution is 0.0950. The van der Waals surface area contributed by atoms with E-state index in [0.717, 1.165) is 16.9 Å². The van der Waals surface area contributed by atoms with Crippen LogP contribution in [-0.2, 0) is 5.41 Å². The van der Waals surface area contributed by atoms with Gasteiger partial charge in [-0.15, -0.1) is 0 Å². The first-order valence-corrected chi connectivity index (χ1v) is 12.4. The number of amides is 3. The van der Waals surface area contributed by atoms with Gasteiger partial charge >= 0.3 is 6.03 Å². The Bertz CT molecular complexity index is 1440. The van der Waals surface area contributed by atoms with Crippen LogP contribution in [0.2, 0.25) is 0 Å². The van der Waals surface area contributed by atoms with E-state index in [2.05, 4.69) is 41.7 Å². The van der Waals surface area contributed by atoms with E-state index in [0.29, 0.717) is 29.5 Å². The SMILES string of the molecule is CCNC(=O)c1cc(Oc2ccc(NC(=O)Nc3cc(C(C)(C)C)nn3-c3cccc(C)c3)cc2)ccn1. The Kier molecular flexibility index (Phi) is 7.76. The summed E-state index contributed by atoms with van der Waals surface area (Å²) in [6.45, 7) is 10.6. The lowest BCUT2D eigenvalue weighted by Gasteiger charge is -2.14. The van der Waals surface area contributed by atoms with Crippen LogP contribution < -0.4 is 20.7 Å². The Balaban J connectivity index is 1.45. The summed E-state index contributed by atoms with van der Waals surface area (Å²) in [7, 11) is 0. The summed E-state index contributed by atoms with van der Waals surface area (Å²) in [4.78, 5) is 29.0. The van der Waals surface area contributed by atoms with Crippen molar-refractivity contribution in [3.05, 3.63) is 89.9 Å². The maximum absolute atomic E-state index is 12.9. The highest BCUT2D eigenvalue weighted by molar-refractivity contribution is 5.99. The number of hydrogen-bond donors (Lipinski definition) is 3. The highest BCUT2D eigenvalue weighted by atomic mass is 16.5. The van der Waals surface area contributed by atoms with Crippen molar-refractivity contribution < 1.29 is 14.3 Å². The molecule has 0 saturated carbocycles. The minimum Gasteiger partial charge on any atom is -0.457 e. The third kappa shape index (κ3) is 6.56. The van der Waals surface area contributed by atoms with E-state index < -0.39 is 6.03 Å². The van der Waals surface area contributed by atoms with Gasteiger partial charge in [-0.25, -0.2) is 9.48 Å². The number of aryl methyl sites for hydroxylation is 1. The first kappa shape index (κ1) is 26.4. The van der Waals surface area contributed by atoms with Crippen LogP contribution in [0.25, 0.3) is 5.69 Å². The fraction of sp³-hybridized carbons (Fsp3) is 0.241. The lowest BCUT2D eigenvalue weighted by Crippen LogP contribution is -2.23. The zero-order valence-corrected chi connectivity index (χ0v) is 22.2. The van der Waals surface area contributed by atoms with Crippen molar-refractivity contribution in [2.75, 3.05) is 17.2 Å². The average Bonchev–Trinajstić information content (AvgIpc) is 3.30. The topological polar surface area (TPSA) is 110 Å². The summed E-state index contributed by atoms with van der Waals surface area (Å²) < 4.78 is 7.60. The Hall–Kier alpha value is -4.66. The van der Waals surface area contributed by atoms with Crippen molar-refractivity contribution in [2.24, 2.45) is 0 Å². The molecule has 2 aromatic heterocycles.